The number of amides is 2. The van der Waals surface area contributed by atoms with Crippen molar-refractivity contribution in [2.24, 2.45) is 0 Å². The SMILES string of the molecule is CCN(CC(O)c1ccc(C)cc1)C(=O)NC1CCC(N(C)C)C1. The number of aryl methyl sites for hydroxylation is 1. The Morgan fingerprint density at radius 3 is 2.50 bits per heavy atom. The Hall–Kier alpha value is -1.59. The van der Waals surface area contributed by atoms with Gasteiger partial charge in [-0.15, -0.1) is 0 Å². The Labute approximate surface area is 145 Å². The molecule has 0 bridgehead atoms. The topological polar surface area (TPSA) is 55.8 Å². The molecule has 2 amide bonds. The molecule has 134 valence electrons. The molecule has 1 aromatic rings. The quantitative estimate of drug-likeness (QED) is 0.841. The Morgan fingerprint density at radius 2 is 1.96 bits per heavy atom. The zero-order chi connectivity index (χ0) is 17.7. The lowest BCUT2D eigenvalue weighted by atomic mass is 10.1. The number of carbonyl (C=O) groups excluding carboxylic acids is 1. The smallest absolute Gasteiger partial charge is 0.317 e. The van der Waals surface area contributed by atoms with Crippen molar-refractivity contribution >= 4 is 6.03 Å². The van der Waals surface area contributed by atoms with Crippen LogP contribution in [0.5, 0.6) is 0 Å². The minimum Gasteiger partial charge on any atom is -0.387 e. The van der Waals surface area contributed by atoms with Gasteiger partial charge in [-0.1, -0.05) is 29.8 Å². The molecule has 0 aromatic heterocycles. The standard InChI is InChI=1S/C19H31N3O2/c1-5-22(13-18(23)15-8-6-14(2)7-9-15)19(24)20-16-10-11-17(12-16)21(3)4/h6-9,16-18,23H,5,10-13H2,1-4H3,(H,20,24). The van der Waals surface area contributed by atoms with Crippen molar-refractivity contribution in [1.82, 2.24) is 15.1 Å². The summed E-state index contributed by atoms with van der Waals surface area (Å²) in [7, 11) is 4.18. The molecule has 1 fully saturated rings. The molecule has 2 N–H and O–H groups in total. The van der Waals surface area contributed by atoms with Crippen molar-refractivity contribution in [3.63, 3.8) is 0 Å². The molecule has 1 aromatic carbocycles. The van der Waals surface area contributed by atoms with Crippen LogP contribution in [0.4, 0.5) is 4.79 Å². The van der Waals surface area contributed by atoms with Gasteiger partial charge in [-0.05, 0) is 52.8 Å². The summed E-state index contributed by atoms with van der Waals surface area (Å²) in [4.78, 5) is 16.4. The molecule has 3 atom stereocenters. The Bertz CT molecular complexity index is 530. The molecule has 3 unspecified atom stereocenters. The third-order valence-electron chi connectivity index (χ3n) is 4.99. The average molecular weight is 333 g/mol. The van der Waals surface area contributed by atoms with Crippen molar-refractivity contribution in [2.45, 2.75) is 51.3 Å². The Kier molecular flexibility index (Phi) is 6.63. The van der Waals surface area contributed by atoms with Gasteiger partial charge in [0.05, 0.1) is 12.6 Å². The van der Waals surface area contributed by atoms with E-state index in [9.17, 15) is 9.90 Å². The van der Waals surface area contributed by atoms with Crippen LogP contribution in [-0.4, -0.2) is 60.2 Å². The number of urea groups is 1. The first-order valence-corrected chi connectivity index (χ1v) is 8.87. The van der Waals surface area contributed by atoms with Gasteiger partial charge in [-0.2, -0.15) is 0 Å². The summed E-state index contributed by atoms with van der Waals surface area (Å²) in [5.74, 6) is 0. The van der Waals surface area contributed by atoms with Crippen molar-refractivity contribution in [3.8, 4) is 0 Å². The second-order valence-corrected chi connectivity index (χ2v) is 7.04. The van der Waals surface area contributed by atoms with E-state index in [1.807, 2.05) is 38.1 Å². The normalized spacial score (nSPS) is 21.8. The summed E-state index contributed by atoms with van der Waals surface area (Å²) in [6.07, 6.45) is 2.48. The first kappa shape index (κ1) is 18.7. The monoisotopic (exact) mass is 333 g/mol. The number of carbonyl (C=O) groups is 1. The van der Waals surface area contributed by atoms with E-state index in [2.05, 4.69) is 24.3 Å². The molecule has 5 heteroatoms. The summed E-state index contributed by atoms with van der Waals surface area (Å²) in [6.45, 7) is 4.86. The molecule has 0 aliphatic heterocycles. The van der Waals surface area contributed by atoms with Crippen LogP contribution in [0.25, 0.3) is 0 Å². The first-order valence-electron chi connectivity index (χ1n) is 8.87. The van der Waals surface area contributed by atoms with Gasteiger partial charge >= 0.3 is 6.03 Å². The number of benzene rings is 1. The van der Waals surface area contributed by atoms with Crippen molar-refractivity contribution in [2.75, 3.05) is 27.2 Å². The highest BCUT2D eigenvalue weighted by Crippen LogP contribution is 2.23. The van der Waals surface area contributed by atoms with Gasteiger partial charge in [-0.25, -0.2) is 4.79 Å². The van der Waals surface area contributed by atoms with Crippen LogP contribution < -0.4 is 5.32 Å². The highest BCUT2D eigenvalue weighted by molar-refractivity contribution is 5.74. The van der Waals surface area contributed by atoms with Crippen molar-refractivity contribution in [3.05, 3.63) is 35.4 Å². The summed E-state index contributed by atoms with van der Waals surface area (Å²) in [5, 5.41) is 13.5. The van der Waals surface area contributed by atoms with Crippen LogP contribution in [0.2, 0.25) is 0 Å². The third kappa shape index (κ3) is 4.95. The summed E-state index contributed by atoms with van der Waals surface area (Å²) in [6, 6.07) is 8.50. The van der Waals surface area contributed by atoms with Gasteiger partial charge < -0.3 is 20.2 Å². The molecule has 1 aliphatic rings. The van der Waals surface area contributed by atoms with Crippen molar-refractivity contribution < 1.29 is 9.90 Å². The highest BCUT2D eigenvalue weighted by atomic mass is 16.3. The fourth-order valence-electron chi connectivity index (χ4n) is 3.28. The number of nitrogens with one attached hydrogen (secondary N) is 1. The average Bonchev–Trinajstić information content (AvgIpc) is 3.01. The van der Waals surface area contributed by atoms with E-state index in [-0.39, 0.29) is 12.1 Å². The van der Waals surface area contributed by atoms with E-state index < -0.39 is 6.10 Å². The predicted octanol–water partition coefficient (Wildman–Crippen LogP) is 2.54. The molecule has 0 saturated heterocycles. The summed E-state index contributed by atoms with van der Waals surface area (Å²) >= 11 is 0. The largest absolute Gasteiger partial charge is 0.387 e. The zero-order valence-electron chi connectivity index (χ0n) is 15.3. The second-order valence-electron chi connectivity index (χ2n) is 7.04. The van der Waals surface area contributed by atoms with Gasteiger partial charge in [0.1, 0.15) is 0 Å². The van der Waals surface area contributed by atoms with Gasteiger partial charge in [0.2, 0.25) is 0 Å². The molecular weight excluding hydrogens is 302 g/mol. The first-order chi connectivity index (χ1) is 11.4. The minimum atomic E-state index is -0.658. The number of hydrogen-bond donors (Lipinski definition) is 2. The molecular formula is C19H31N3O2. The molecule has 0 spiro atoms. The molecule has 1 aliphatic carbocycles. The number of aliphatic hydroxyl groups excluding tert-OH is 1. The van der Waals surface area contributed by atoms with E-state index in [0.29, 0.717) is 19.1 Å². The van der Waals surface area contributed by atoms with Crippen LogP contribution in [-0.2, 0) is 0 Å². The van der Waals surface area contributed by atoms with Crippen LogP contribution >= 0.6 is 0 Å². The number of likely N-dealkylation sites (N-methyl/N-ethyl adjacent to an activating group) is 1. The fourth-order valence-corrected chi connectivity index (χ4v) is 3.28. The van der Waals surface area contributed by atoms with Gasteiger partial charge in [0, 0.05) is 18.6 Å². The van der Waals surface area contributed by atoms with E-state index >= 15 is 0 Å². The van der Waals surface area contributed by atoms with Crippen LogP contribution in [0.1, 0.15) is 43.4 Å². The summed E-state index contributed by atoms with van der Waals surface area (Å²) < 4.78 is 0. The second kappa shape index (κ2) is 8.49. The van der Waals surface area contributed by atoms with Gasteiger partial charge in [0.25, 0.3) is 0 Å². The molecule has 0 heterocycles. The van der Waals surface area contributed by atoms with E-state index in [0.717, 1.165) is 30.4 Å². The van der Waals surface area contributed by atoms with E-state index in [1.54, 1.807) is 4.90 Å². The molecule has 24 heavy (non-hydrogen) atoms. The minimum absolute atomic E-state index is 0.0759. The maximum absolute atomic E-state index is 12.5. The lowest BCUT2D eigenvalue weighted by Crippen LogP contribution is -2.46. The lowest BCUT2D eigenvalue weighted by Gasteiger charge is -2.26. The molecule has 5 nitrogen and oxygen atoms in total. The Morgan fingerprint density at radius 1 is 1.29 bits per heavy atom. The van der Waals surface area contributed by atoms with Crippen molar-refractivity contribution in [1.29, 1.82) is 0 Å². The van der Waals surface area contributed by atoms with E-state index in [4.69, 9.17) is 0 Å². The lowest BCUT2D eigenvalue weighted by molar-refractivity contribution is 0.122. The van der Waals surface area contributed by atoms with E-state index in [1.165, 1.54) is 0 Å². The molecule has 1 saturated carbocycles. The van der Waals surface area contributed by atoms with Crippen LogP contribution in [0.3, 0.4) is 0 Å². The summed E-state index contributed by atoms with van der Waals surface area (Å²) in [5.41, 5.74) is 2.01. The fraction of sp³-hybridized carbons (Fsp3) is 0.632. The molecule has 0 radical (unpaired) electrons. The maximum atomic E-state index is 12.5. The number of aliphatic hydroxyl groups is 1. The van der Waals surface area contributed by atoms with Gasteiger partial charge in [0.15, 0.2) is 0 Å². The third-order valence-corrected chi connectivity index (χ3v) is 4.99. The number of hydrogen-bond acceptors (Lipinski definition) is 3. The number of rotatable bonds is 6. The number of nitrogens with zero attached hydrogens (tertiary/aromatic N) is 2. The van der Waals surface area contributed by atoms with Crippen LogP contribution in [0.15, 0.2) is 24.3 Å². The zero-order valence-corrected chi connectivity index (χ0v) is 15.3. The van der Waals surface area contributed by atoms with Crippen LogP contribution in [0, 0.1) is 6.92 Å². The Balaban J connectivity index is 1.88. The molecule has 2 rings (SSSR count). The highest BCUT2D eigenvalue weighted by Gasteiger charge is 2.28. The predicted molar refractivity (Wildman–Crippen MR) is 97.0 cm³/mol. The maximum Gasteiger partial charge on any atom is 0.317 e. The van der Waals surface area contributed by atoms with Gasteiger partial charge in [-0.3, -0.25) is 0 Å².